The highest BCUT2D eigenvalue weighted by Gasteiger charge is 2.06. The Hall–Kier alpha value is -2.41. The van der Waals surface area contributed by atoms with Crippen molar-refractivity contribution in [1.82, 2.24) is 9.55 Å². The minimum Gasteiger partial charge on any atom is -0.272 e. The van der Waals surface area contributed by atoms with Crippen molar-refractivity contribution in [3.63, 3.8) is 0 Å². The van der Waals surface area contributed by atoms with Gasteiger partial charge < -0.3 is 0 Å². The minimum absolute atomic E-state index is 0.156. The average Bonchev–Trinajstić information content (AvgIpc) is 2.82. The van der Waals surface area contributed by atoms with Gasteiger partial charge in [-0.3, -0.25) is 9.36 Å². The Labute approximate surface area is 86.4 Å². The Bertz CT molecular complexity index is 506. The topological polar surface area (TPSA) is 58.7 Å². The number of benzene rings is 1. The average molecular weight is 197 g/mol. The first-order chi connectivity index (χ1) is 7.31. The Morgan fingerprint density at radius 3 is 2.60 bits per heavy atom. The van der Waals surface area contributed by atoms with Crippen LogP contribution < -0.4 is 0 Å². The standard InChI is InChI=1S/C11H7N3O/c12-7-9-1-3-10(4-2-9)11(15)14-6-5-13-8-14/h1-6,8H. The van der Waals surface area contributed by atoms with Crippen LogP contribution in [0.4, 0.5) is 0 Å². The molecular weight excluding hydrogens is 190 g/mol. The number of hydrogen-bond acceptors (Lipinski definition) is 3. The quantitative estimate of drug-likeness (QED) is 0.695. The van der Waals surface area contributed by atoms with Gasteiger partial charge in [0.2, 0.25) is 0 Å². The maximum absolute atomic E-state index is 11.7. The number of carbonyl (C=O) groups is 1. The van der Waals surface area contributed by atoms with Crippen LogP contribution in [0.2, 0.25) is 0 Å². The van der Waals surface area contributed by atoms with Crippen molar-refractivity contribution in [2.45, 2.75) is 0 Å². The van der Waals surface area contributed by atoms with Gasteiger partial charge >= 0.3 is 0 Å². The maximum Gasteiger partial charge on any atom is 0.263 e. The lowest BCUT2D eigenvalue weighted by Gasteiger charge is -2.00. The van der Waals surface area contributed by atoms with E-state index in [0.717, 1.165) is 0 Å². The third-order valence-corrected chi connectivity index (χ3v) is 2.00. The molecule has 0 saturated heterocycles. The largest absolute Gasteiger partial charge is 0.272 e. The number of nitriles is 1. The van der Waals surface area contributed by atoms with Crippen LogP contribution in [-0.4, -0.2) is 15.5 Å². The molecule has 4 heteroatoms. The zero-order chi connectivity index (χ0) is 10.7. The highest BCUT2D eigenvalue weighted by Crippen LogP contribution is 2.05. The van der Waals surface area contributed by atoms with Gasteiger partial charge in [-0.05, 0) is 24.3 Å². The molecule has 4 nitrogen and oxygen atoms in total. The van der Waals surface area contributed by atoms with Crippen molar-refractivity contribution in [2.75, 3.05) is 0 Å². The Kier molecular flexibility index (Phi) is 2.30. The van der Waals surface area contributed by atoms with Crippen molar-refractivity contribution >= 4 is 5.91 Å². The van der Waals surface area contributed by atoms with Crippen LogP contribution in [0.3, 0.4) is 0 Å². The van der Waals surface area contributed by atoms with Crippen molar-refractivity contribution in [3.8, 4) is 6.07 Å². The first kappa shape index (κ1) is 9.16. The summed E-state index contributed by atoms with van der Waals surface area (Å²) in [6, 6.07) is 8.48. The van der Waals surface area contributed by atoms with Crippen molar-refractivity contribution in [2.24, 2.45) is 0 Å². The van der Waals surface area contributed by atoms with E-state index in [2.05, 4.69) is 4.98 Å². The molecule has 2 aromatic rings. The summed E-state index contributed by atoms with van der Waals surface area (Å²) in [5.41, 5.74) is 1.07. The molecule has 0 fully saturated rings. The number of rotatable bonds is 1. The van der Waals surface area contributed by atoms with Gasteiger partial charge in [0.1, 0.15) is 6.33 Å². The first-order valence-corrected chi connectivity index (χ1v) is 4.34. The van der Waals surface area contributed by atoms with Gasteiger partial charge in [-0.2, -0.15) is 5.26 Å². The summed E-state index contributed by atoms with van der Waals surface area (Å²) in [7, 11) is 0. The predicted octanol–water partition coefficient (Wildman–Crippen LogP) is 1.44. The van der Waals surface area contributed by atoms with E-state index in [1.807, 2.05) is 6.07 Å². The van der Waals surface area contributed by atoms with E-state index in [1.54, 1.807) is 36.7 Å². The predicted molar refractivity (Wildman–Crippen MR) is 53.1 cm³/mol. The molecule has 0 bridgehead atoms. The molecule has 0 spiro atoms. The van der Waals surface area contributed by atoms with E-state index in [-0.39, 0.29) is 5.91 Å². The third kappa shape index (κ3) is 1.76. The molecule has 0 unspecified atom stereocenters. The molecule has 0 radical (unpaired) electrons. The van der Waals surface area contributed by atoms with Crippen LogP contribution in [-0.2, 0) is 0 Å². The summed E-state index contributed by atoms with van der Waals surface area (Å²) < 4.78 is 1.39. The summed E-state index contributed by atoms with van der Waals surface area (Å²) in [4.78, 5) is 15.5. The lowest BCUT2D eigenvalue weighted by molar-refractivity contribution is 0.0960. The van der Waals surface area contributed by atoms with Gasteiger partial charge in [-0.1, -0.05) is 0 Å². The van der Waals surface area contributed by atoms with E-state index < -0.39 is 0 Å². The van der Waals surface area contributed by atoms with Crippen LogP contribution in [0.15, 0.2) is 43.0 Å². The van der Waals surface area contributed by atoms with E-state index in [4.69, 9.17) is 5.26 Å². The van der Waals surface area contributed by atoms with Crippen LogP contribution in [0.25, 0.3) is 0 Å². The molecule has 0 saturated carbocycles. The Morgan fingerprint density at radius 1 is 1.33 bits per heavy atom. The van der Waals surface area contributed by atoms with E-state index >= 15 is 0 Å². The van der Waals surface area contributed by atoms with E-state index in [0.29, 0.717) is 11.1 Å². The number of nitrogens with zero attached hydrogens (tertiary/aromatic N) is 3. The third-order valence-electron chi connectivity index (χ3n) is 2.00. The lowest BCUT2D eigenvalue weighted by atomic mass is 10.1. The van der Waals surface area contributed by atoms with Crippen LogP contribution in [0, 0.1) is 11.3 Å². The zero-order valence-electron chi connectivity index (χ0n) is 7.79. The fourth-order valence-electron chi connectivity index (χ4n) is 1.22. The van der Waals surface area contributed by atoms with E-state index in [1.165, 1.54) is 10.9 Å². The highest BCUT2D eigenvalue weighted by molar-refractivity contribution is 5.95. The van der Waals surface area contributed by atoms with Crippen LogP contribution in [0.1, 0.15) is 15.9 Å². The molecule has 0 amide bonds. The summed E-state index contributed by atoms with van der Waals surface area (Å²) in [6.45, 7) is 0. The molecule has 15 heavy (non-hydrogen) atoms. The second kappa shape index (κ2) is 3.76. The van der Waals surface area contributed by atoms with Gasteiger partial charge in [0, 0.05) is 18.0 Å². The fraction of sp³-hybridized carbons (Fsp3) is 0. The molecule has 1 heterocycles. The smallest absolute Gasteiger partial charge is 0.263 e. The summed E-state index contributed by atoms with van der Waals surface area (Å²) in [5, 5.41) is 8.60. The van der Waals surface area contributed by atoms with Crippen molar-refractivity contribution < 1.29 is 4.79 Å². The van der Waals surface area contributed by atoms with Crippen LogP contribution >= 0.6 is 0 Å². The van der Waals surface area contributed by atoms with Crippen LogP contribution in [0.5, 0.6) is 0 Å². The molecule has 0 aliphatic rings. The number of imidazole rings is 1. The summed E-state index contributed by atoms with van der Waals surface area (Å²) in [5.74, 6) is -0.156. The second-order valence-electron chi connectivity index (χ2n) is 2.96. The molecule has 0 N–H and O–H groups in total. The number of hydrogen-bond donors (Lipinski definition) is 0. The molecular formula is C11H7N3O. The Morgan fingerprint density at radius 2 is 2.07 bits per heavy atom. The van der Waals surface area contributed by atoms with Gasteiger partial charge in [0.15, 0.2) is 0 Å². The zero-order valence-corrected chi connectivity index (χ0v) is 7.79. The lowest BCUT2D eigenvalue weighted by Crippen LogP contribution is -2.09. The molecule has 0 aliphatic heterocycles. The molecule has 2 rings (SSSR count). The Balaban J connectivity index is 2.32. The normalized spacial score (nSPS) is 9.53. The molecule has 72 valence electrons. The molecule has 0 aliphatic carbocycles. The minimum atomic E-state index is -0.156. The van der Waals surface area contributed by atoms with Gasteiger partial charge in [-0.15, -0.1) is 0 Å². The van der Waals surface area contributed by atoms with Crippen molar-refractivity contribution in [3.05, 3.63) is 54.1 Å². The SMILES string of the molecule is N#Cc1ccc(C(=O)n2ccnc2)cc1. The second-order valence-corrected chi connectivity index (χ2v) is 2.96. The number of aromatic nitrogens is 2. The van der Waals surface area contributed by atoms with E-state index in [9.17, 15) is 4.79 Å². The first-order valence-electron chi connectivity index (χ1n) is 4.34. The monoisotopic (exact) mass is 197 g/mol. The van der Waals surface area contributed by atoms with Gasteiger partial charge in [0.25, 0.3) is 5.91 Å². The fourth-order valence-corrected chi connectivity index (χ4v) is 1.22. The maximum atomic E-state index is 11.7. The van der Waals surface area contributed by atoms with Crippen molar-refractivity contribution in [1.29, 1.82) is 5.26 Å². The molecule has 0 atom stereocenters. The summed E-state index contributed by atoms with van der Waals surface area (Å²) >= 11 is 0. The highest BCUT2D eigenvalue weighted by atomic mass is 16.2. The van der Waals surface area contributed by atoms with Gasteiger partial charge in [-0.25, -0.2) is 4.98 Å². The summed E-state index contributed by atoms with van der Waals surface area (Å²) in [6.07, 6.45) is 4.57. The number of carbonyl (C=O) groups excluding carboxylic acids is 1. The molecule has 1 aromatic carbocycles. The molecule has 1 aromatic heterocycles. The van der Waals surface area contributed by atoms with Gasteiger partial charge in [0.05, 0.1) is 11.6 Å².